The highest BCUT2D eigenvalue weighted by atomic mass is 35.5. The number of aliphatic hydroxyl groups is 1. The van der Waals surface area contributed by atoms with Gasteiger partial charge in [0.25, 0.3) is 17.4 Å². The van der Waals surface area contributed by atoms with Crippen molar-refractivity contribution in [3.63, 3.8) is 0 Å². The molecule has 3 aliphatic rings. The molecule has 0 aromatic heterocycles. The summed E-state index contributed by atoms with van der Waals surface area (Å²) in [4.78, 5) is 30.3. The van der Waals surface area contributed by atoms with Crippen LogP contribution in [0.2, 0.25) is 10.0 Å². The number of rotatable bonds is 6. The van der Waals surface area contributed by atoms with E-state index in [2.05, 4.69) is 10.2 Å². The van der Waals surface area contributed by atoms with E-state index in [4.69, 9.17) is 23.2 Å². The van der Waals surface area contributed by atoms with Gasteiger partial charge in [0.15, 0.2) is 0 Å². The predicted molar refractivity (Wildman–Crippen MR) is 147 cm³/mol. The Kier molecular flexibility index (Phi) is 7.95. The molecule has 0 saturated carbocycles. The van der Waals surface area contributed by atoms with Gasteiger partial charge in [0.1, 0.15) is 5.67 Å². The number of amides is 2. The van der Waals surface area contributed by atoms with E-state index in [9.17, 15) is 32.3 Å². The van der Waals surface area contributed by atoms with Gasteiger partial charge in [0.05, 0.1) is 29.7 Å². The van der Waals surface area contributed by atoms with Crippen molar-refractivity contribution in [3.05, 3.63) is 63.6 Å². The average molecular weight is 617 g/mol. The van der Waals surface area contributed by atoms with Crippen LogP contribution in [0.1, 0.15) is 35.7 Å². The number of halogens is 6. The van der Waals surface area contributed by atoms with Crippen molar-refractivity contribution < 1.29 is 32.3 Å². The summed E-state index contributed by atoms with van der Waals surface area (Å²) in [6.45, 7) is 3.08. The molecule has 2 aromatic rings. The second kappa shape index (κ2) is 10.9. The summed E-state index contributed by atoms with van der Waals surface area (Å²) in [6, 6.07) is 9.86. The Morgan fingerprint density at radius 1 is 1.02 bits per heavy atom. The molecule has 2 aromatic carbocycles. The minimum absolute atomic E-state index is 0.0123. The van der Waals surface area contributed by atoms with Gasteiger partial charge in [-0.05, 0) is 50.1 Å². The second-order valence-electron chi connectivity index (χ2n) is 11.3. The molecule has 0 bridgehead atoms. The smallest absolute Gasteiger partial charge is 0.380 e. The fraction of sp³-hybridized carbons (Fsp3) is 0.500. The Balaban J connectivity index is 1.12. The highest BCUT2D eigenvalue weighted by Gasteiger charge is 2.62. The maximum absolute atomic E-state index is 14.0. The van der Waals surface area contributed by atoms with Crippen LogP contribution in [0.4, 0.5) is 23.2 Å². The molecule has 7 nitrogen and oxygen atoms in total. The van der Waals surface area contributed by atoms with Crippen LogP contribution in [0.25, 0.3) is 0 Å². The maximum atomic E-state index is 14.0. The number of anilines is 1. The zero-order valence-electron chi connectivity index (χ0n) is 22.2. The Bertz CT molecular complexity index is 1320. The zero-order valence-corrected chi connectivity index (χ0v) is 23.7. The van der Waals surface area contributed by atoms with Crippen LogP contribution in [0, 0.1) is 0 Å². The highest BCUT2D eigenvalue weighted by Crippen LogP contribution is 2.42. The summed E-state index contributed by atoms with van der Waals surface area (Å²) >= 11 is 12.2. The van der Waals surface area contributed by atoms with E-state index in [1.54, 1.807) is 18.2 Å². The molecule has 1 unspecified atom stereocenters. The fourth-order valence-electron chi connectivity index (χ4n) is 5.76. The van der Waals surface area contributed by atoms with Gasteiger partial charge in [-0.3, -0.25) is 14.5 Å². The molecular formula is C28H30Cl2F4N4O3. The first-order valence-corrected chi connectivity index (χ1v) is 14.1. The summed E-state index contributed by atoms with van der Waals surface area (Å²) in [7, 11) is 0. The molecule has 13 heteroatoms. The second-order valence-corrected chi connectivity index (χ2v) is 12.1. The van der Waals surface area contributed by atoms with Crippen LogP contribution in [-0.2, 0) is 10.4 Å². The van der Waals surface area contributed by atoms with Crippen LogP contribution in [0.3, 0.4) is 0 Å². The Labute approximate surface area is 245 Å². The lowest BCUT2D eigenvalue weighted by molar-refractivity contribution is -0.262. The third kappa shape index (κ3) is 5.86. The van der Waals surface area contributed by atoms with Gasteiger partial charge in [-0.25, -0.2) is 4.39 Å². The zero-order chi connectivity index (χ0) is 29.7. The standard InChI is InChI=1S/C28H30Cl2F4N4O3/c1-26(31)15-38(16-26)24(39)22-6-5-19(12-23(22)30)35-20-13-37(14-20)21-7-9-36(10-8-21)25(40)27(41,28(32,33)34)17-3-2-4-18(29)11-17/h2-6,11-12,20-21,35,41H,7-10,13-16H2,1H3. The average Bonchev–Trinajstić information content (AvgIpc) is 2.87. The van der Waals surface area contributed by atoms with E-state index in [0.717, 1.165) is 22.7 Å². The molecule has 3 fully saturated rings. The Hall–Kier alpha value is -2.60. The van der Waals surface area contributed by atoms with Gasteiger partial charge in [0.2, 0.25) is 0 Å². The van der Waals surface area contributed by atoms with Gasteiger partial charge in [-0.1, -0.05) is 35.3 Å². The molecule has 0 spiro atoms. The topological polar surface area (TPSA) is 76.1 Å². The Morgan fingerprint density at radius 3 is 2.24 bits per heavy atom. The number of hydrogen-bond acceptors (Lipinski definition) is 5. The summed E-state index contributed by atoms with van der Waals surface area (Å²) < 4.78 is 55.7. The number of hydrogen-bond donors (Lipinski definition) is 2. The molecule has 3 saturated heterocycles. The van der Waals surface area contributed by atoms with Crippen LogP contribution in [0.15, 0.2) is 42.5 Å². The third-order valence-corrected chi connectivity index (χ3v) is 8.59. The fourth-order valence-corrected chi connectivity index (χ4v) is 6.22. The maximum Gasteiger partial charge on any atom is 0.430 e. The number of carbonyl (C=O) groups is 2. The number of alkyl halides is 4. The number of piperidine rings is 1. The minimum Gasteiger partial charge on any atom is -0.380 e. The lowest BCUT2D eigenvalue weighted by atomic mass is 9.89. The first-order valence-electron chi connectivity index (χ1n) is 13.3. The summed E-state index contributed by atoms with van der Waals surface area (Å²) in [6.07, 6.45) is -4.28. The number of likely N-dealkylation sites (tertiary alicyclic amines) is 3. The quantitative estimate of drug-likeness (QED) is 0.460. The van der Waals surface area contributed by atoms with Gasteiger partial charge >= 0.3 is 6.18 Å². The van der Waals surface area contributed by atoms with E-state index in [-0.39, 0.29) is 54.2 Å². The largest absolute Gasteiger partial charge is 0.430 e. The van der Waals surface area contributed by atoms with E-state index in [0.29, 0.717) is 31.5 Å². The minimum atomic E-state index is -5.22. The molecule has 2 N–H and O–H groups in total. The Morgan fingerprint density at radius 2 is 1.68 bits per heavy atom. The lowest BCUT2D eigenvalue weighted by Gasteiger charge is -2.48. The van der Waals surface area contributed by atoms with Gasteiger partial charge in [-0.2, -0.15) is 13.2 Å². The first kappa shape index (κ1) is 29.9. The van der Waals surface area contributed by atoms with Crippen LogP contribution < -0.4 is 5.32 Å². The molecule has 5 rings (SSSR count). The number of carbonyl (C=O) groups excluding carboxylic acids is 2. The molecular weight excluding hydrogens is 587 g/mol. The van der Waals surface area contributed by atoms with Crippen molar-refractivity contribution in [1.82, 2.24) is 14.7 Å². The van der Waals surface area contributed by atoms with Crippen molar-refractivity contribution in [2.24, 2.45) is 0 Å². The normalized spacial score (nSPS) is 21.6. The van der Waals surface area contributed by atoms with Crippen LogP contribution in [-0.4, -0.2) is 94.8 Å². The van der Waals surface area contributed by atoms with Crippen LogP contribution in [0.5, 0.6) is 0 Å². The number of benzene rings is 2. The number of nitrogens with zero attached hydrogens (tertiary/aromatic N) is 3. The van der Waals surface area contributed by atoms with Crippen molar-refractivity contribution in [2.45, 2.75) is 49.3 Å². The highest BCUT2D eigenvalue weighted by molar-refractivity contribution is 6.34. The molecule has 3 aliphatic heterocycles. The van der Waals surface area contributed by atoms with Crippen LogP contribution >= 0.6 is 23.2 Å². The van der Waals surface area contributed by atoms with Crippen molar-refractivity contribution in [3.8, 4) is 0 Å². The predicted octanol–water partition coefficient (Wildman–Crippen LogP) is 4.71. The van der Waals surface area contributed by atoms with Gasteiger partial charge in [-0.15, -0.1) is 0 Å². The van der Waals surface area contributed by atoms with Gasteiger partial charge in [0, 0.05) is 48.5 Å². The molecule has 41 heavy (non-hydrogen) atoms. The van der Waals surface area contributed by atoms with E-state index in [1.807, 2.05) is 0 Å². The molecule has 3 heterocycles. The third-order valence-electron chi connectivity index (χ3n) is 8.04. The molecule has 0 aliphatic carbocycles. The lowest BCUT2D eigenvalue weighted by Crippen LogP contribution is -2.62. The first-order chi connectivity index (χ1) is 19.2. The summed E-state index contributed by atoms with van der Waals surface area (Å²) in [5.41, 5.74) is -4.60. The van der Waals surface area contributed by atoms with Crippen molar-refractivity contribution in [1.29, 1.82) is 0 Å². The molecule has 1 atom stereocenters. The van der Waals surface area contributed by atoms with E-state index in [1.165, 1.54) is 24.0 Å². The molecule has 222 valence electrons. The molecule has 0 radical (unpaired) electrons. The van der Waals surface area contributed by atoms with Gasteiger partial charge < -0.3 is 20.2 Å². The SMILES string of the molecule is CC1(F)CN(C(=O)c2ccc(NC3CN(C4CCN(C(=O)C(O)(c5cccc(Cl)c5)C(F)(F)F)CC4)C3)cc2Cl)C1. The number of nitrogens with one attached hydrogen (secondary N) is 1. The summed E-state index contributed by atoms with van der Waals surface area (Å²) in [5, 5.41) is 14.3. The molecule has 2 amide bonds. The van der Waals surface area contributed by atoms with Crippen molar-refractivity contribution >= 4 is 40.7 Å². The van der Waals surface area contributed by atoms with E-state index >= 15 is 0 Å². The van der Waals surface area contributed by atoms with Crippen molar-refractivity contribution in [2.75, 3.05) is 44.6 Å². The van der Waals surface area contributed by atoms with E-state index < -0.39 is 28.9 Å². The summed E-state index contributed by atoms with van der Waals surface area (Å²) in [5.74, 6) is -1.71. The monoisotopic (exact) mass is 616 g/mol.